The molecule has 1 aliphatic carbocycles. The number of benzene rings is 1. The molecule has 3 rings (SSSR count). The van der Waals surface area contributed by atoms with E-state index < -0.39 is 0 Å². The van der Waals surface area contributed by atoms with Crippen molar-refractivity contribution in [2.24, 2.45) is 11.7 Å². The van der Waals surface area contributed by atoms with E-state index in [1.165, 1.54) is 11.1 Å². The fourth-order valence-electron chi connectivity index (χ4n) is 3.46. The number of nitrogens with two attached hydrogens (primary N) is 1. The predicted molar refractivity (Wildman–Crippen MR) is 82.0 cm³/mol. The molecule has 0 bridgehead atoms. The third kappa shape index (κ3) is 2.83. The average Bonchev–Trinajstić information content (AvgIpc) is 2.48. The summed E-state index contributed by atoms with van der Waals surface area (Å²) in [6.07, 6.45) is 2.73. The zero-order chi connectivity index (χ0) is 15.0. The minimum atomic E-state index is -0.0191. The lowest BCUT2D eigenvalue weighted by molar-refractivity contribution is -0.138. The first-order valence-electron chi connectivity index (χ1n) is 7.79. The molecule has 114 valence electrons. The molecule has 2 aliphatic rings. The number of aryl methyl sites for hydroxylation is 2. The Morgan fingerprint density at radius 3 is 2.95 bits per heavy atom. The van der Waals surface area contributed by atoms with Crippen molar-refractivity contribution < 1.29 is 9.53 Å². The normalized spacial score (nSPS) is 31.2. The molecule has 4 unspecified atom stereocenters. The number of hydrogen-bond donors (Lipinski definition) is 2. The van der Waals surface area contributed by atoms with E-state index in [0.717, 1.165) is 25.0 Å². The maximum atomic E-state index is 12.2. The topological polar surface area (TPSA) is 64.4 Å². The third-order valence-corrected chi connectivity index (χ3v) is 4.94. The maximum absolute atomic E-state index is 12.2. The highest BCUT2D eigenvalue weighted by Gasteiger charge is 2.50. The quantitative estimate of drug-likeness (QED) is 0.885. The molecule has 4 atom stereocenters. The van der Waals surface area contributed by atoms with Crippen LogP contribution in [0, 0.1) is 19.8 Å². The van der Waals surface area contributed by atoms with Crippen molar-refractivity contribution in [1.29, 1.82) is 0 Å². The second kappa shape index (κ2) is 5.78. The van der Waals surface area contributed by atoms with Crippen molar-refractivity contribution in [3.63, 3.8) is 0 Å². The second-order valence-corrected chi connectivity index (χ2v) is 6.41. The van der Waals surface area contributed by atoms with Gasteiger partial charge in [-0.25, -0.2) is 0 Å². The van der Waals surface area contributed by atoms with Gasteiger partial charge in [0.05, 0.1) is 18.6 Å². The van der Waals surface area contributed by atoms with Gasteiger partial charge in [-0.15, -0.1) is 0 Å². The van der Waals surface area contributed by atoms with Gasteiger partial charge in [0.1, 0.15) is 0 Å². The minimum absolute atomic E-state index is 0.0191. The van der Waals surface area contributed by atoms with Gasteiger partial charge in [0, 0.05) is 18.6 Å². The summed E-state index contributed by atoms with van der Waals surface area (Å²) in [5, 5.41) is 3.06. The molecule has 0 aromatic heterocycles. The van der Waals surface area contributed by atoms with Crippen LogP contribution >= 0.6 is 0 Å². The Bertz CT molecular complexity index is 544. The molecule has 4 nitrogen and oxygen atoms in total. The summed E-state index contributed by atoms with van der Waals surface area (Å²) in [5.41, 5.74) is 9.68. The Labute approximate surface area is 126 Å². The van der Waals surface area contributed by atoms with Crippen molar-refractivity contribution in [2.75, 3.05) is 6.61 Å². The van der Waals surface area contributed by atoms with E-state index in [0.29, 0.717) is 12.3 Å². The number of amides is 1. The van der Waals surface area contributed by atoms with Crippen LogP contribution in [0.5, 0.6) is 0 Å². The van der Waals surface area contributed by atoms with Crippen molar-refractivity contribution in [2.45, 2.75) is 51.3 Å². The van der Waals surface area contributed by atoms with E-state index in [9.17, 15) is 4.79 Å². The fourth-order valence-corrected chi connectivity index (χ4v) is 3.46. The lowest BCUT2D eigenvalue weighted by Crippen LogP contribution is -2.72. The fraction of sp³-hybridized carbons (Fsp3) is 0.588. The minimum Gasteiger partial charge on any atom is -0.376 e. The molecule has 1 amide bonds. The summed E-state index contributed by atoms with van der Waals surface area (Å²) in [6, 6.07) is 6.18. The van der Waals surface area contributed by atoms with Gasteiger partial charge in [0.2, 0.25) is 5.91 Å². The van der Waals surface area contributed by atoms with Gasteiger partial charge in [-0.2, -0.15) is 0 Å². The predicted octanol–water partition coefficient (Wildman–Crippen LogP) is 1.47. The Kier molecular flexibility index (Phi) is 4.00. The first kappa shape index (κ1) is 14.5. The lowest BCUT2D eigenvalue weighted by atomic mass is 9.68. The van der Waals surface area contributed by atoms with E-state index in [2.05, 4.69) is 31.3 Å². The van der Waals surface area contributed by atoms with E-state index in [1.807, 2.05) is 6.07 Å². The molecule has 3 N–H and O–H groups in total. The first-order chi connectivity index (χ1) is 10.1. The van der Waals surface area contributed by atoms with E-state index >= 15 is 0 Å². The van der Waals surface area contributed by atoms with Crippen LogP contribution in [0.1, 0.15) is 29.5 Å². The van der Waals surface area contributed by atoms with Gasteiger partial charge in [-0.1, -0.05) is 18.2 Å². The molecular formula is C17H24N2O2. The Morgan fingerprint density at radius 1 is 1.38 bits per heavy atom. The zero-order valence-corrected chi connectivity index (χ0v) is 12.8. The van der Waals surface area contributed by atoms with Crippen LogP contribution in [0.2, 0.25) is 0 Å². The van der Waals surface area contributed by atoms with Crippen LogP contribution in [0.15, 0.2) is 18.2 Å². The molecule has 4 heteroatoms. The number of carbonyl (C=O) groups is 1. The number of carbonyl (C=O) groups excluding carboxylic acids is 1. The van der Waals surface area contributed by atoms with Gasteiger partial charge in [0.15, 0.2) is 0 Å². The second-order valence-electron chi connectivity index (χ2n) is 6.41. The zero-order valence-electron chi connectivity index (χ0n) is 12.8. The summed E-state index contributed by atoms with van der Waals surface area (Å²) in [4.78, 5) is 12.2. The highest BCUT2D eigenvalue weighted by atomic mass is 16.5. The molecule has 2 fully saturated rings. The Morgan fingerprint density at radius 2 is 2.19 bits per heavy atom. The van der Waals surface area contributed by atoms with E-state index in [-0.39, 0.29) is 24.1 Å². The van der Waals surface area contributed by atoms with Crippen LogP contribution in [-0.4, -0.2) is 30.7 Å². The summed E-state index contributed by atoms with van der Waals surface area (Å²) >= 11 is 0. The molecule has 1 aromatic rings. The number of hydrogen-bond acceptors (Lipinski definition) is 3. The monoisotopic (exact) mass is 288 g/mol. The molecule has 1 saturated heterocycles. The molecular weight excluding hydrogens is 264 g/mol. The largest absolute Gasteiger partial charge is 0.376 e. The van der Waals surface area contributed by atoms with Gasteiger partial charge < -0.3 is 15.8 Å². The van der Waals surface area contributed by atoms with Crippen LogP contribution in [0.3, 0.4) is 0 Å². The van der Waals surface area contributed by atoms with Gasteiger partial charge in [-0.3, -0.25) is 4.79 Å². The van der Waals surface area contributed by atoms with E-state index in [1.54, 1.807) is 0 Å². The van der Waals surface area contributed by atoms with Crippen molar-refractivity contribution in [1.82, 2.24) is 5.32 Å². The van der Waals surface area contributed by atoms with Crippen molar-refractivity contribution in [3.05, 3.63) is 34.9 Å². The number of rotatable bonds is 3. The van der Waals surface area contributed by atoms with Crippen LogP contribution in [-0.2, 0) is 16.0 Å². The smallest absolute Gasteiger partial charge is 0.224 e. The molecule has 21 heavy (non-hydrogen) atoms. The van der Waals surface area contributed by atoms with E-state index in [4.69, 9.17) is 10.5 Å². The van der Waals surface area contributed by atoms with Gasteiger partial charge in [0.25, 0.3) is 0 Å². The maximum Gasteiger partial charge on any atom is 0.224 e. The number of ether oxygens (including phenoxy) is 1. The molecule has 1 saturated carbocycles. The molecule has 1 heterocycles. The molecule has 0 spiro atoms. The average molecular weight is 288 g/mol. The SMILES string of the molecule is Cc1ccc(CC(=O)NC2C(N)C3CCCOC32)cc1C. The third-order valence-electron chi connectivity index (χ3n) is 4.94. The van der Waals surface area contributed by atoms with Crippen LogP contribution in [0.25, 0.3) is 0 Å². The van der Waals surface area contributed by atoms with Crippen molar-refractivity contribution in [3.8, 4) is 0 Å². The molecule has 1 aromatic carbocycles. The number of nitrogens with one attached hydrogen (secondary N) is 1. The Hall–Kier alpha value is -1.39. The highest BCUT2D eigenvalue weighted by molar-refractivity contribution is 5.79. The lowest BCUT2D eigenvalue weighted by Gasteiger charge is -2.52. The first-order valence-corrected chi connectivity index (χ1v) is 7.79. The van der Waals surface area contributed by atoms with Gasteiger partial charge in [-0.05, 0) is 43.4 Å². The molecule has 1 aliphatic heterocycles. The summed E-state index contributed by atoms with van der Waals surface area (Å²) in [6.45, 7) is 4.93. The van der Waals surface area contributed by atoms with Crippen molar-refractivity contribution >= 4 is 5.91 Å². The molecule has 0 radical (unpaired) electrons. The number of fused-ring (bicyclic) bond motifs is 1. The highest BCUT2D eigenvalue weighted by Crippen LogP contribution is 2.36. The van der Waals surface area contributed by atoms with Crippen LogP contribution < -0.4 is 11.1 Å². The summed E-state index contributed by atoms with van der Waals surface area (Å²) < 4.78 is 5.75. The Balaban J connectivity index is 1.58. The summed E-state index contributed by atoms with van der Waals surface area (Å²) in [5.74, 6) is 0.456. The standard InChI is InChI=1S/C17H24N2O2/c1-10-5-6-12(8-11(10)2)9-14(20)19-16-15(18)13-4-3-7-21-17(13)16/h5-6,8,13,15-17H,3-4,7,9,18H2,1-2H3,(H,19,20). The summed E-state index contributed by atoms with van der Waals surface area (Å²) in [7, 11) is 0. The van der Waals surface area contributed by atoms with Crippen LogP contribution in [0.4, 0.5) is 0 Å². The van der Waals surface area contributed by atoms with Gasteiger partial charge >= 0.3 is 0 Å².